The Morgan fingerprint density at radius 2 is 1.90 bits per heavy atom. The van der Waals surface area contributed by atoms with Gasteiger partial charge >= 0.3 is 0 Å². The molecule has 2 heterocycles. The van der Waals surface area contributed by atoms with Crippen LogP contribution in [0.4, 0.5) is 0 Å². The van der Waals surface area contributed by atoms with E-state index in [1.807, 2.05) is 58.5 Å². The van der Waals surface area contributed by atoms with Crippen molar-refractivity contribution >= 4 is 18.6 Å². The fourth-order valence-electron chi connectivity index (χ4n) is 1.61. The molecule has 1 N–H and O–H groups in total. The van der Waals surface area contributed by atoms with E-state index < -0.39 is 0 Å². The molecule has 0 fully saturated rings. The fraction of sp³-hybridized carbons (Fsp3) is 0.0769. The zero-order valence-electron chi connectivity index (χ0n) is 10.5. The monoisotopic (exact) mass is 293 g/mol. The normalized spacial score (nSPS) is 13.4. The van der Waals surface area contributed by atoms with Gasteiger partial charge in [-0.1, -0.05) is 5.16 Å². The fourth-order valence-corrected chi connectivity index (χ4v) is 1.61. The molecule has 0 aliphatic carbocycles. The lowest BCUT2D eigenvalue weighted by atomic mass is 10.2. The predicted molar refractivity (Wildman–Crippen MR) is 77.3 cm³/mol. The first kappa shape index (κ1) is 15.6. The van der Waals surface area contributed by atoms with Crippen molar-refractivity contribution in [1.29, 1.82) is 0 Å². The molecule has 0 spiro atoms. The van der Waals surface area contributed by atoms with Gasteiger partial charge in [-0.05, 0) is 22.9 Å². The Balaban J connectivity index is 0.00000200. The minimum Gasteiger partial charge on any atom is -0.411 e. The lowest BCUT2D eigenvalue weighted by molar-refractivity contribution is -0.711. The SMILES string of the molecule is Cl.O=NC=C1C=CN(C[n+]2ccc(/C=N/O)cc2)C=C1. The molecule has 6 nitrogen and oxygen atoms in total. The molecule has 7 heteroatoms. The molecule has 2 rings (SSSR count). The lowest BCUT2D eigenvalue weighted by Gasteiger charge is -2.14. The van der Waals surface area contributed by atoms with Gasteiger partial charge < -0.3 is 5.21 Å². The van der Waals surface area contributed by atoms with Crippen LogP contribution in [0.1, 0.15) is 5.56 Å². The average molecular weight is 294 g/mol. The average Bonchev–Trinajstić information content (AvgIpc) is 2.44. The predicted octanol–water partition coefficient (Wildman–Crippen LogP) is 2.15. The summed E-state index contributed by atoms with van der Waals surface area (Å²) >= 11 is 0. The topological polar surface area (TPSA) is 69.1 Å². The smallest absolute Gasteiger partial charge is 0.227 e. The van der Waals surface area contributed by atoms with Gasteiger partial charge in [0.1, 0.15) is 0 Å². The van der Waals surface area contributed by atoms with Gasteiger partial charge in [0.25, 0.3) is 0 Å². The molecule has 0 unspecified atom stereocenters. The molecule has 20 heavy (non-hydrogen) atoms. The minimum atomic E-state index is 0. The van der Waals surface area contributed by atoms with Gasteiger partial charge in [-0.25, -0.2) is 0 Å². The number of aromatic nitrogens is 1. The Morgan fingerprint density at radius 1 is 1.25 bits per heavy atom. The number of nitroso groups, excluding NO2 is 1. The highest BCUT2D eigenvalue weighted by Gasteiger charge is 2.06. The number of hydrogen-bond acceptors (Lipinski definition) is 5. The highest BCUT2D eigenvalue weighted by molar-refractivity contribution is 5.85. The highest BCUT2D eigenvalue weighted by atomic mass is 35.5. The van der Waals surface area contributed by atoms with Gasteiger partial charge in [-0.15, -0.1) is 17.3 Å². The van der Waals surface area contributed by atoms with Crippen LogP contribution in [0.3, 0.4) is 0 Å². The number of halogens is 1. The number of nitrogens with zero attached hydrogens (tertiary/aromatic N) is 4. The van der Waals surface area contributed by atoms with E-state index in [1.54, 1.807) is 0 Å². The molecular weight excluding hydrogens is 280 g/mol. The Kier molecular flexibility index (Phi) is 6.12. The first-order valence-electron chi connectivity index (χ1n) is 5.63. The van der Waals surface area contributed by atoms with E-state index in [-0.39, 0.29) is 12.4 Å². The molecule has 1 aliphatic heterocycles. The summed E-state index contributed by atoms with van der Waals surface area (Å²) in [4.78, 5) is 12.1. The second-order valence-electron chi connectivity index (χ2n) is 3.91. The highest BCUT2D eigenvalue weighted by Crippen LogP contribution is 2.08. The molecule has 0 bridgehead atoms. The van der Waals surface area contributed by atoms with Gasteiger partial charge in [-0.3, -0.25) is 4.90 Å². The standard InChI is InChI=1S/C13H12N4O2.ClH/c18-14-9-12-1-5-16(6-2-12)11-17-7-3-13(4-8-17)10-15-19;/h1-10H,11H2;1H/p+1. The van der Waals surface area contributed by atoms with Crippen molar-refractivity contribution in [3.05, 3.63) is 71.3 Å². The molecule has 1 aliphatic rings. The van der Waals surface area contributed by atoms with Crippen LogP contribution in [-0.2, 0) is 6.67 Å². The maximum atomic E-state index is 10.1. The van der Waals surface area contributed by atoms with Crippen molar-refractivity contribution in [3.63, 3.8) is 0 Å². The van der Waals surface area contributed by atoms with E-state index in [1.165, 1.54) is 12.4 Å². The maximum absolute atomic E-state index is 10.1. The molecule has 0 saturated carbocycles. The minimum absolute atomic E-state index is 0. The molecule has 0 saturated heterocycles. The molecule has 1 aromatic rings. The molecule has 1 aromatic heterocycles. The Morgan fingerprint density at radius 3 is 2.45 bits per heavy atom. The molecule has 0 radical (unpaired) electrons. The van der Waals surface area contributed by atoms with E-state index in [9.17, 15) is 4.91 Å². The van der Waals surface area contributed by atoms with Crippen LogP contribution in [0.15, 0.2) is 71.2 Å². The van der Waals surface area contributed by atoms with Crippen LogP contribution in [0.25, 0.3) is 0 Å². The summed E-state index contributed by atoms with van der Waals surface area (Å²) in [7, 11) is 0. The van der Waals surface area contributed by atoms with Crippen LogP contribution < -0.4 is 4.57 Å². The summed E-state index contributed by atoms with van der Waals surface area (Å²) in [5, 5.41) is 14.1. The van der Waals surface area contributed by atoms with E-state index >= 15 is 0 Å². The third-order valence-corrected chi connectivity index (χ3v) is 2.57. The Bertz CT molecular complexity index is 548. The van der Waals surface area contributed by atoms with E-state index in [4.69, 9.17) is 5.21 Å². The van der Waals surface area contributed by atoms with Crippen LogP contribution in [-0.4, -0.2) is 16.3 Å². The van der Waals surface area contributed by atoms with Crippen LogP contribution in [0.2, 0.25) is 0 Å². The number of pyridine rings is 1. The van der Waals surface area contributed by atoms with Crippen LogP contribution in [0, 0.1) is 4.91 Å². The summed E-state index contributed by atoms with van der Waals surface area (Å²) in [6.07, 6.45) is 13.8. The van der Waals surface area contributed by atoms with Gasteiger partial charge in [-0.2, -0.15) is 4.57 Å². The zero-order chi connectivity index (χ0) is 13.5. The zero-order valence-corrected chi connectivity index (χ0v) is 11.3. The Hall–Kier alpha value is -2.47. The summed E-state index contributed by atoms with van der Waals surface area (Å²) in [6, 6.07) is 3.69. The summed E-state index contributed by atoms with van der Waals surface area (Å²) in [6.45, 7) is 0.644. The number of oxime groups is 1. The van der Waals surface area contributed by atoms with Crippen molar-refractivity contribution in [2.24, 2.45) is 10.3 Å². The quantitative estimate of drug-likeness (QED) is 0.304. The first-order chi connectivity index (χ1) is 9.31. The number of rotatable bonds is 4. The van der Waals surface area contributed by atoms with Gasteiger partial charge in [0.2, 0.25) is 6.67 Å². The number of hydrogen-bond donors (Lipinski definition) is 1. The van der Waals surface area contributed by atoms with Gasteiger partial charge in [0.05, 0.1) is 12.4 Å². The van der Waals surface area contributed by atoms with E-state index in [0.29, 0.717) is 6.67 Å². The molecule has 0 aromatic carbocycles. The third kappa shape index (κ3) is 4.33. The van der Waals surface area contributed by atoms with E-state index in [2.05, 4.69) is 10.3 Å². The van der Waals surface area contributed by atoms with Crippen molar-refractivity contribution in [1.82, 2.24) is 4.90 Å². The molecule has 104 valence electrons. The van der Waals surface area contributed by atoms with E-state index in [0.717, 1.165) is 11.1 Å². The molecule has 0 atom stereocenters. The second kappa shape index (κ2) is 7.85. The van der Waals surface area contributed by atoms with Gasteiger partial charge in [0.15, 0.2) is 12.4 Å². The second-order valence-corrected chi connectivity index (χ2v) is 3.91. The largest absolute Gasteiger partial charge is 0.411 e. The lowest BCUT2D eigenvalue weighted by Crippen LogP contribution is -2.39. The van der Waals surface area contributed by atoms with Crippen LogP contribution in [0.5, 0.6) is 0 Å². The molecule has 0 amide bonds. The summed E-state index contributed by atoms with van der Waals surface area (Å²) in [5.41, 5.74) is 1.59. The number of allylic oxidation sites excluding steroid dienone is 3. The van der Waals surface area contributed by atoms with Crippen molar-refractivity contribution < 1.29 is 9.77 Å². The third-order valence-electron chi connectivity index (χ3n) is 2.57. The van der Waals surface area contributed by atoms with Crippen molar-refractivity contribution in [2.45, 2.75) is 6.67 Å². The Labute approximate surface area is 122 Å². The molecular formula is C13H14ClN4O2+. The van der Waals surface area contributed by atoms with Crippen molar-refractivity contribution in [3.8, 4) is 0 Å². The summed E-state index contributed by atoms with van der Waals surface area (Å²) in [5.74, 6) is 0. The summed E-state index contributed by atoms with van der Waals surface area (Å²) < 4.78 is 1.97. The van der Waals surface area contributed by atoms with Crippen molar-refractivity contribution in [2.75, 3.05) is 0 Å². The first-order valence-corrected chi connectivity index (χ1v) is 5.63. The van der Waals surface area contributed by atoms with Gasteiger partial charge in [0, 0.05) is 30.1 Å². The maximum Gasteiger partial charge on any atom is 0.227 e. The van der Waals surface area contributed by atoms with Crippen LogP contribution >= 0.6 is 12.4 Å².